The Bertz CT molecular complexity index is 1060. The first-order valence-corrected chi connectivity index (χ1v) is 11.6. The van der Waals surface area contributed by atoms with Crippen LogP contribution in [0, 0.1) is 5.82 Å². The number of amides is 1. The van der Waals surface area contributed by atoms with E-state index in [-0.39, 0.29) is 18.0 Å². The normalized spacial score (nSPS) is 19.5. The van der Waals surface area contributed by atoms with Crippen molar-refractivity contribution in [1.82, 2.24) is 4.72 Å². The fourth-order valence-electron chi connectivity index (χ4n) is 3.46. The first-order valence-electron chi connectivity index (χ1n) is 9.69. The first kappa shape index (κ1) is 21.8. The van der Waals surface area contributed by atoms with Gasteiger partial charge in [-0.05, 0) is 42.5 Å². The minimum atomic E-state index is -3.78. The number of nitrogens with zero attached hydrogens (tertiary/aromatic N) is 2. The van der Waals surface area contributed by atoms with Crippen molar-refractivity contribution in [3.63, 3.8) is 0 Å². The Kier molecular flexibility index (Phi) is 6.33. The Morgan fingerprint density at radius 3 is 2.52 bits per heavy atom. The summed E-state index contributed by atoms with van der Waals surface area (Å²) in [5.41, 5.74) is 0.800. The lowest BCUT2D eigenvalue weighted by Gasteiger charge is -2.29. The summed E-state index contributed by atoms with van der Waals surface area (Å²) in [6, 6.07) is 10.3. The van der Waals surface area contributed by atoms with E-state index in [9.17, 15) is 17.6 Å². The number of sulfonamides is 1. The molecule has 1 atom stereocenters. The summed E-state index contributed by atoms with van der Waals surface area (Å²) in [7, 11) is -3.78. The summed E-state index contributed by atoms with van der Waals surface area (Å²) in [6.07, 6.45) is -1.37. The van der Waals surface area contributed by atoms with Crippen molar-refractivity contribution >= 4 is 39.1 Å². The highest BCUT2D eigenvalue weighted by Crippen LogP contribution is 2.28. The molecular weight excluding hydrogens is 449 g/mol. The molecule has 0 radical (unpaired) electrons. The van der Waals surface area contributed by atoms with Gasteiger partial charge < -0.3 is 14.4 Å². The fourth-order valence-corrected chi connectivity index (χ4v) is 4.66. The van der Waals surface area contributed by atoms with Crippen molar-refractivity contribution in [2.45, 2.75) is 11.0 Å². The van der Waals surface area contributed by atoms with Gasteiger partial charge in [-0.2, -0.15) is 0 Å². The van der Waals surface area contributed by atoms with Crippen molar-refractivity contribution in [3.05, 3.63) is 53.3 Å². The quantitative estimate of drug-likeness (QED) is 0.699. The Morgan fingerprint density at radius 1 is 1.13 bits per heavy atom. The van der Waals surface area contributed by atoms with Gasteiger partial charge in [-0.15, -0.1) is 0 Å². The molecule has 2 saturated heterocycles. The van der Waals surface area contributed by atoms with E-state index in [0.717, 1.165) is 0 Å². The van der Waals surface area contributed by atoms with Gasteiger partial charge in [-0.1, -0.05) is 11.6 Å². The number of benzene rings is 2. The van der Waals surface area contributed by atoms with Crippen LogP contribution >= 0.6 is 11.6 Å². The lowest BCUT2D eigenvalue weighted by Crippen LogP contribution is -2.37. The molecule has 1 amide bonds. The molecule has 2 aromatic rings. The minimum Gasteiger partial charge on any atom is -0.443 e. The maximum atomic E-state index is 14.7. The Morgan fingerprint density at radius 2 is 1.84 bits per heavy atom. The number of rotatable bonds is 6. The molecule has 1 N–H and O–H groups in total. The van der Waals surface area contributed by atoms with Crippen LogP contribution < -0.4 is 14.5 Å². The molecule has 166 valence electrons. The van der Waals surface area contributed by atoms with Gasteiger partial charge >= 0.3 is 6.09 Å². The van der Waals surface area contributed by atoms with Crippen LogP contribution in [0.5, 0.6) is 0 Å². The fraction of sp³-hybridized carbons (Fsp3) is 0.350. The maximum Gasteiger partial charge on any atom is 0.414 e. The average molecular weight is 470 g/mol. The van der Waals surface area contributed by atoms with Crippen LogP contribution in [0.3, 0.4) is 0 Å². The summed E-state index contributed by atoms with van der Waals surface area (Å²) < 4.78 is 52.4. The molecule has 0 spiro atoms. The molecule has 1 unspecified atom stereocenters. The number of anilines is 2. The predicted octanol–water partition coefficient (Wildman–Crippen LogP) is 2.62. The molecule has 2 aromatic carbocycles. The van der Waals surface area contributed by atoms with Gasteiger partial charge in [0.2, 0.25) is 10.0 Å². The zero-order valence-corrected chi connectivity index (χ0v) is 18.0. The van der Waals surface area contributed by atoms with Crippen molar-refractivity contribution in [2.75, 3.05) is 49.2 Å². The van der Waals surface area contributed by atoms with E-state index < -0.39 is 28.0 Å². The number of carbonyl (C=O) groups excluding carboxylic acids is 1. The molecule has 2 fully saturated rings. The number of nitrogens with one attached hydrogen (secondary N) is 1. The molecular formula is C20H21ClFN3O5S. The van der Waals surface area contributed by atoms with Gasteiger partial charge in [0.1, 0.15) is 11.9 Å². The lowest BCUT2D eigenvalue weighted by molar-refractivity contribution is 0.122. The van der Waals surface area contributed by atoms with Crippen LogP contribution in [0.4, 0.5) is 20.6 Å². The molecule has 2 aliphatic heterocycles. The summed E-state index contributed by atoms with van der Waals surface area (Å²) in [5, 5.41) is 0.422. The van der Waals surface area contributed by atoms with Crippen LogP contribution in [0.15, 0.2) is 47.4 Å². The summed E-state index contributed by atoms with van der Waals surface area (Å²) in [5.74, 6) is -0.445. The van der Waals surface area contributed by atoms with Crippen LogP contribution in [0.1, 0.15) is 0 Å². The van der Waals surface area contributed by atoms with Gasteiger partial charge in [-0.25, -0.2) is 22.3 Å². The van der Waals surface area contributed by atoms with Crippen LogP contribution in [0.2, 0.25) is 5.02 Å². The van der Waals surface area contributed by atoms with Crippen LogP contribution in [-0.2, 0) is 19.5 Å². The Hall–Kier alpha value is -2.40. The van der Waals surface area contributed by atoms with Crippen molar-refractivity contribution < 1.29 is 27.1 Å². The monoisotopic (exact) mass is 469 g/mol. The number of cyclic esters (lactones) is 1. The zero-order chi connectivity index (χ0) is 22.0. The highest BCUT2D eigenvalue weighted by Gasteiger charge is 2.33. The largest absolute Gasteiger partial charge is 0.443 e. The molecule has 0 aliphatic carbocycles. The second-order valence-electron chi connectivity index (χ2n) is 7.16. The zero-order valence-electron chi connectivity index (χ0n) is 16.5. The number of halogens is 2. The number of carbonyl (C=O) groups is 1. The Labute approximate surface area is 184 Å². The second-order valence-corrected chi connectivity index (χ2v) is 9.36. The first-order chi connectivity index (χ1) is 14.8. The third-order valence-electron chi connectivity index (χ3n) is 5.09. The van der Waals surface area contributed by atoms with Crippen LogP contribution in [-0.4, -0.2) is 60.0 Å². The third kappa shape index (κ3) is 4.93. The van der Waals surface area contributed by atoms with Gasteiger partial charge in [0.05, 0.1) is 36.0 Å². The molecule has 0 saturated carbocycles. The van der Waals surface area contributed by atoms with E-state index in [4.69, 9.17) is 21.1 Å². The predicted molar refractivity (Wildman–Crippen MR) is 114 cm³/mol. The average Bonchev–Trinajstić information content (AvgIpc) is 3.14. The number of ether oxygens (including phenoxy) is 2. The summed E-state index contributed by atoms with van der Waals surface area (Å²) in [4.78, 5) is 15.5. The molecule has 0 bridgehead atoms. The van der Waals surface area contributed by atoms with E-state index in [1.807, 2.05) is 4.90 Å². The second kappa shape index (κ2) is 8.99. The topological polar surface area (TPSA) is 88.2 Å². The van der Waals surface area contributed by atoms with Crippen LogP contribution in [0.25, 0.3) is 0 Å². The molecule has 11 heteroatoms. The number of hydrogen-bond acceptors (Lipinski definition) is 6. The van der Waals surface area contributed by atoms with E-state index >= 15 is 0 Å². The summed E-state index contributed by atoms with van der Waals surface area (Å²) in [6.45, 7) is 2.25. The summed E-state index contributed by atoms with van der Waals surface area (Å²) >= 11 is 5.78. The molecule has 0 aromatic heterocycles. The SMILES string of the molecule is O=C1OC(CNS(=O)(=O)c2ccc(Cl)cc2)CN1c1ccc(N2CCOCC2)c(F)c1. The molecule has 31 heavy (non-hydrogen) atoms. The third-order valence-corrected chi connectivity index (χ3v) is 6.79. The van der Waals surface area contributed by atoms with E-state index in [2.05, 4.69) is 4.72 Å². The molecule has 8 nitrogen and oxygen atoms in total. The highest BCUT2D eigenvalue weighted by atomic mass is 35.5. The molecule has 2 heterocycles. The molecule has 4 rings (SSSR count). The van der Waals surface area contributed by atoms with Crippen molar-refractivity contribution in [3.8, 4) is 0 Å². The highest BCUT2D eigenvalue weighted by molar-refractivity contribution is 7.89. The van der Waals surface area contributed by atoms with E-state index in [1.54, 1.807) is 12.1 Å². The van der Waals surface area contributed by atoms with Gasteiger partial charge in [0.15, 0.2) is 0 Å². The number of hydrogen-bond donors (Lipinski definition) is 1. The van der Waals surface area contributed by atoms with E-state index in [0.29, 0.717) is 42.7 Å². The van der Waals surface area contributed by atoms with Gasteiger partial charge in [0, 0.05) is 24.7 Å². The standard InChI is InChI=1S/C20H21ClFN3O5S/c21-14-1-4-17(5-2-14)31(27,28)23-12-16-13-25(20(26)30-16)15-3-6-19(18(22)11-15)24-7-9-29-10-8-24/h1-6,11,16,23H,7-10,12-13H2. The Balaban J connectivity index is 1.40. The van der Waals surface area contributed by atoms with Crippen molar-refractivity contribution in [1.29, 1.82) is 0 Å². The van der Waals surface area contributed by atoms with Crippen molar-refractivity contribution in [2.24, 2.45) is 0 Å². The van der Waals surface area contributed by atoms with Gasteiger partial charge in [0.25, 0.3) is 0 Å². The maximum absolute atomic E-state index is 14.7. The van der Waals surface area contributed by atoms with Gasteiger partial charge in [-0.3, -0.25) is 4.90 Å². The smallest absolute Gasteiger partial charge is 0.414 e. The van der Waals surface area contributed by atoms with E-state index in [1.165, 1.54) is 35.2 Å². The number of morpholine rings is 1. The lowest BCUT2D eigenvalue weighted by atomic mass is 10.2. The molecule has 2 aliphatic rings. The minimum absolute atomic E-state index is 0.0545.